The van der Waals surface area contributed by atoms with Crippen LogP contribution in [-0.4, -0.2) is 35.9 Å². The molecule has 0 radical (unpaired) electrons. The molecule has 5 nitrogen and oxygen atoms in total. The van der Waals surface area contributed by atoms with Gasteiger partial charge in [-0.25, -0.2) is 0 Å². The molecule has 0 unspecified atom stereocenters. The third-order valence-corrected chi connectivity index (χ3v) is 4.98. The molecule has 1 atom stereocenters. The van der Waals surface area contributed by atoms with Crippen molar-refractivity contribution in [1.29, 1.82) is 0 Å². The van der Waals surface area contributed by atoms with Crippen molar-refractivity contribution >= 4 is 11.8 Å². The maximum atomic E-state index is 13.0. The molecule has 162 valence electrons. The van der Waals surface area contributed by atoms with Gasteiger partial charge >= 0.3 is 0 Å². The van der Waals surface area contributed by atoms with E-state index in [4.69, 9.17) is 4.74 Å². The number of amides is 2. The quantitative estimate of drug-likeness (QED) is 0.559. The fraction of sp³-hybridized carbons (Fsp3) is 0.440. The summed E-state index contributed by atoms with van der Waals surface area (Å²) in [6.45, 7) is 9.35. The van der Waals surface area contributed by atoms with E-state index in [9.17, 15) is 9.59 Å². The Bertz CT molecular complexity index is 817. The first-order valence-corrected chi connectivity index (χ1v) is 10.7. The van der Waals surface area contributed by atoms with Crippen molar-refractivity contribution in [2.75, 3.05) is 13.2 Å². The molecule has 0 heterocycles. The van der Waals surface area contributed by atoms with E-state index in [1.165, 1.54) is 5.56 Å². The molecule has 0 saturated heterocycles. The number of hydrogen-bond donors (Lipinski definition) is 1. The third kappa shape index (κ3) is 7.54. The van der Waals surface area contributed by atoms with Gasteiger partial charge in [-0.2, -0.15) is 0 Å². The monoisotopic (exact) mass is 410 g/mol. The number of rotatable bonds is 11. The number of carbonyl (C=O) groups is 2. The highest BCUT2D eigenvalue weighted by Crippen LogP contribution is 2.15. The third-order valence-electron chi connectivity index (χ3n) is 4.98. The molecular weight excluding hydrogens is 376 g/mol. The van der Waals surface area contributed by atoms with Gasteiger partial charge in [0.05, 0.1) is 6.61 Å². The molecule has 0 saturated carbocycles. The maximum Gasteiger partial charge on any atom is 0.242 e. The number of hydrogen-bond acceptors (Lipinski definition) is 3. The molecule has 2 aromatic rings. The second-order valence-electron chi connectivity index (χ2n) is 7.74. The number of benzene rings is 2. The molecule has 0 spiro atoms. The summed E-state index contributed by atoms with van der Waals surface area (Å²) in [7, 11) is 0. The van der Waals surface area contributed by atoms with Gasteiger partial charge in [0.25, 0.3) is 0 Å². The van der Waals surface area contributed by atoms with Crippen molar-refractivity contribution < 1.29 is 14.3 Å². The molecule has 0 fully saturated rings. The molecule has 0 aromatic heterocycles. The van der Waals surface area contributed by atoms with E-state index < -0.39 is 6.04 Å². The van der Waals surface area contributed by atoms with Crippen molar-refractivity contribution in [3.05, 3.63) is 65.2 Å². The highest BCUT2D eigenvalue weighted by Gasteiger charge is 2.25. The lowest BCUT2D eigenvalue weighted by molar-refractivity contribution is -0.140. The smallest absolute Gasteiger partial charge is 0.242 e. The Morgan fingerprint density at radius 2 is 1.80 bits per heavy atom. The fourth-order valence-electron chi connectivity index (χ4n) is 3.18. The highest BCUT2D eigenvalue weighted by molar-refractivity contribution is 5.87. The molecule has 2 aromatic carbocycles. The first-order chi connectivity index (χ1) is 14.4. The van der Waals surface area contributed by atoms with Gasteiger partial charge in [-0.15, -0.1) is 0 Å². The van der Waals surface area contributed by atoms with Gasteiger partial charge in [0, 0.05) is 19.5 Å². The van der Waals surface area contributed by atoms with Crippen molar-refractivity contribution in [2.24, 2.45) is 0 Å². The van der Waals surface area contributed by atoms with Gasteiger partial charge in [0.1, 0.15) is 11.8 Å². The van der Waals surface area contributed by atoms with E-state index in [1.807, 2.05) is 63.2 Å². The lowest BCUT2D eigenvalue weighted by Gasteiger charge is -2.29. The van der Waals surface area contributed by atoms with Crippen LogP contribution < -0.4 is 10.1 Å². The molecular formula is C25H34N2O3. The average molecular weight is 411 g/mol. The number of nitrogens with one attached hydrogen (secondary N) is 1. The Kier molecular flexibility index (Phi) is 9.39. The maximum absolute atomic E-state index is 13.0. The number of aryl methyl sites for hydroxylation is 2. The summed E-state index contributed by atoms with van der Waals surface area (Å²) in [5.74, 6) is 0.647. The molecule has 0 bridgehead atoms. The largest absolute Gasteiger partial charge is 0.494 e. The van der Waals surface area contributed by atoms with Crippen LogP contribution in [0.15, 0.2) is 48.5 Å². The van der Waals surface area contributed by atoms with Gasteiger partial charge in [-0.05, 0) is 51.3 Å². The Morgan fingerprint density at radius 1 is 1.07 bits per heavy atom. The van der Waals surface area contributed by atoms with Crippen LogP contribution in [0.3, 0.4) is 0 Å². The minimum atomic E-state index is -0.525. The molecule has 0 aliphatic carbocycles. The molecule has 1 N–H and O–H groups in total. The summed E-state index contributed by atoms with van der Waals surface area (Å²) in [4.78, 5) is 27.2. The Labute approximate surface area is 180 Å². The minimum Gasteiger partial charge on any atom is -0.494 e. The molecule has 30 heavy (non-hydrogen) atoms. The van der Waals surface area contributed by atoms with Gasteiger partial charge in [0.2, 0.25) is 11.8 Å². The lowest BCUT2D eigenvalue weighted by atomic mass is 10.1. The summed E-state index contributed by atoms with van der Waals surface area (Å²) in [6, 6.07) is 15.4. The van der Waals surface area contributed by atoms with E-state index >= 15 is 0 Å². The molecule has 5 heteroatoms. The summed E-state index contributed by atoms with van der Waals surface area (Å²) >= 11 is 0. The van der Waals surface area contributed by atoms with Gasteiger partial charge in [-0.1, -0.05) is 54.4 Å². The number of nitrogens with zero attached hydrogens (tertiary/aromatic N) is 1. The summed E-state index contributed by atoms with van der Waals surface area (Å²) < 4.78 is 5.74. The van der Waals surface area contributed by atoms with Crippen LogP contribution in [0.1, 0.15) is 49.8 Å². The molecule has 2 amide bonds. The highest BCUT2D eigenvalue weighted by atomic mass is 16.5. The van der Waals surface area contributed by atoms with Crippen LogP contribution >= 0.6 is 0 Å². The van der Waals surface area contributed by atoms with Crippen LogP contribution in [-0.2, 0) is 16.1 Å². The van der Waals surface area contributed by atoms with Gasteiger partial charge in [-0.3, -0.25) is 9.59 Å². The molecule has 0 aliphatic heterocycles. The van der Waals surface area contributed by atoms with Crippen LogP contribution in [0.25, 0.3) is 0 Å². The van der Waals surface area contributed by atoms with Crippen molar-refractivity contribution in [3.8, 4) is 5.75 Å². The number of carbonyl (C=O) groups excluding carboxylic acids is 2. The first kappa shape index (κ1) is 23.5. The predicted octanol–water partition coefficient (Wildman–Crippen LogP) is 4.41. The van der Waals surface area contributed by atoms with Crippen molar-refractivity contribution in [2.45, 2.75) is 59.5 Å². The Hall–Kier alpha value is -2.82. The second kappa shape index (κ2) is 12.0. The van der Waals surface area contributed by atoms with Crippen molar-refractivity contribution in [1.82, 2.24) is 10.2 Å². The van der Waals surface area contributed by atoms with E-state index in [0.717, 1.165) is 23.3 Å². The summed E-state index contributed by atoms with van der Waals surface area (Å²) in [5.41, 5.74) is 3.34. The first-order valence-electron chi connectivity index (χ1n) is 10.7. The molecule has 0 aliphatic rings. The predicted molar refractivity (Wildman–Crippen MR) is 120 cm³/mol. The zero-order valence-electron chi connectivity index (χ0n) is 18.6. The van der Waals surface area contributed by atoms with Gasteiger partial charge < -0.3 is 15.0 Å². The summed E-state index contributed by atoms with van der Waals surface area (Å²) in [5, 5.41) is 2.90. The lowest BCUT2D eigenvalue weighted by Crippen LogP contribution is -2.47. The zero-order chi connectivity index (χ0) is 21.9. The van der Waals surface area contributed by atoms with Gasteiger partial charge in [0.15, 0.2) is 0 Å². The van der Waals surface area contributed by atoms with Crippen molar-refractivity contribution in [3.63, 3.8) is 0 Å². The number of ether oxygens (including phenoxy) is 1. The minimum absolute atomic E-state index is 0.0387. The topological polar surface area (TPSA) is 58.6 Å². The van der Waals surface area contributed by atoms with E-state index in [-0.39, 0.29) is 11.8 Å². The van der Waals surface area contributed by atoms with Crippen LogP contribution in [0.5, 0.6) is 5.75 Å². The second-order valence-corrected chi connectivity index (χ2v) is 7.74. The van der Waals surface area contributed by atoms with E-state index in [1.54, 1.807) is 11.8 Å². The van der Waals surface area contributed by atoms with Crippen LogP contribution in [0, 0.1) is 13.8 Å². The standard InChI is InChI=1S/C25H34N2O3/c1-5-15-26-25(29)21(4)27(18-22-9-6-8-20(3)17-22)24(28)10-7-16-30-23-13-11-19(2)12-14-23/h6,8-9,11-14,17,21H,5,7,10,15-16,18H2,1-4H3,(H,26,29)/t21-/m1/s1. The normalized spacial score (nSPS) is 11.6. The fourth-order valence-corrected chi connectivity index (χ4v) is 3.18. The Morgan fingerprint density at radius 3 is 2.47 bits per heavy atom. The van der Waals surface area contributed by atoms with E-state index in [2.05, 4.69) is 11.4 Å². The van der Waals surface area contributed by atoms with E-state index in [0.29, 0.717) is 32.5 Å². The zero-order valence-corrected chi connectivity index (χ0v) is 18.6. The average Bonchev–Trinajstić information content (AvgIpc) is 2.74. The Balaban J connectivity index is 1.97. The molecule has 2 rings (SSSR count). The van der Waals surface area contributed by atoms with Crippen LogP contribution in [0.4, 0.5) is 0 Å². The SMILES string of the molecule is CCCNC(=O)[C@@H](C)N(Cc1cccc(C)c1)C(=O)CCCOc1ccc(C)cc1. The summed E-state index contributed by atoms with van der Waals surface area (Å²) in [6.07, 6.45) is 1.80. The van der Waals surface area contributed by atoms with Crippen LogP contribution in [0.2, 0.25) is 0 Å².